The van der Waals surface area contributed by atoms with Crippen LogP contribution < -0.4 is 0 Å². The Morgan fingerprint density at radius 2 is 2.00 bits per heavy atom. The van der Waals surface area contributed by atoms with E-state index in [1.807, 2.05) is 6.33 Å². The van der Waals surface area contributed by atoms with Gasteiger partial charge in [0.05, 0.1) is 0 Å². The van der Waals surface area contributed by atoms with E-state index in [1.54, 1.807) is 0 Å². The van der Waals surface area contributed by atoms with Crippen molar-refractivity contribution in [1.29, 1.82) is 0 Å². The van der Waals surface area contributed by atoms with Crippen LogP contribution in [0.3, 0.4) is 0 Å². The summed E-state index contributed by atoms with van der Waals surface area (Å²) in [7, 11) is 0. The fraction of sp³-hybridized carbons (Fsp3) is 0.833. The van der Waals surface area contributed by atoms with Crippen molar-refractivity contribution < 1.29 is 0 Å². The maximum absolute atomic E-state index is 4.39. The van der Waals surface area contributed by atoms with Crippen LogP contribution >= 0.6 is 0 Å². The molecule has 1 heterocycles. The molecule has 1 aromatic rings. The molecule has 0 unspecified atom stereocenters. The Bertz CT molecular complexity index is 346. The summed E-state index contributed by atoms with van der Waals surface area (Å²) in [5, 5.41) is 8.50. The second kappa shape index (κ2) is 3.32. The quantitative estimate of drug-likeness (QED) is 0.743. The molecule has 2 fully saturated rings. The first kappa shape index (κ1) is 9.37. The summed E-state index contributed by atoms with van der Waals surface area (Å²) in [5.41, 5.74) is 0.303. The lowest BCUT2D eigenvalue weighted by Gasteiger charge is -2.32. The minimum Gasteiger partial charge on any atom is -0.314 e. The van der Waals surface area contributed by atoms with Gasteiger partial charge in [0.1, 0.15) is 12.2 Å². The van der Waals surface area contributed by atoms with E-state index in [1.165, 1.54) is 50.8 Å². The minimum absolute atomic E-state index is 0.303. The fourth-order valence-corrected chi connectivity index (χ4v) is 2.85. The second-order valence-electron chi connectivity index (χ2n) is 5.41. The van der Waals surface area contributed by atoms with Gasteiger partial charge in [-0.25, -0.2) is 0 Å². The molecule has 0 aromatic carbocycles. The SMILES string of the molecule is CC1(c2nncn2C2CC2)CCCCC1. The Balaban J connectivity index is 1.92. The molecule has 2 aliphatic carbocycles. The maximum atomic E-state index is 4.39. The topological polar surface area (TPSA) is 30.7 Å². The standard InChI is InChI=1S/C12H19N3/c1-12(7-3-2-4-8-12)11-14-13-9-15(11)10-5-6-10/h9-10H,2-8H2,1H3. The summed E-state index contributed by atoms with van der Waals surface area (Å²) in [4.78, 5) is 0. The molecule has 0 N–H and O–H groups in total. The summed E-state index contributed by atoms with van der Waals surface area (Å²) in [6, 6.07) is 0.716. The maximum Gasteiger partial charge on any atom is 0.139 e. The molecule has 0 aliphatic heterocycles. The van der Waals surface area contributed by atoms with Gasteiger partial charge in [0.15, 0.2) is 0 Å². The average Bonchev–Trinajstić information content (AvgIpc) is 2.97. The summed E-state index contributed by atoms with van der Waals surface area (Å²) in [5.74, 6) is 1.25. The molecule has 0 bridgehead atoms. The molecule has 3 nitrogen and oxygen atoms in total. The molecule has 0 spiro atoms. The molecule has 82 valence electrons. The zero-order chi connectivity index (χ0) is 10.3. The Hall–Kier alpha value is -0.860. The predicted molar refractivity (Wildman–Crippen MR) is 58.7 cm³/mol. The van der Waals surface area contributed by atoms with E-state index in [-0.39, 0.29) is 0 Å². The van der Waals surface area contributed by atoms with Crippen molar-refractivity contribution in [3.8, 4) is 0 Å². The molecule has 3 rings (SSSR count). The van der Waals surface area contributed by atoms with Crippen molar-refractivity contribution in [1.82, 2.24) is 14.8 Å². The van der Waals surface area contributed by atoms with E-state index in [0.29, 0.717) is 11.5 Å². The minimum atomic E-state index is 0.303. The van der Waals surface area contributed by atoms with Crippen LogP contribution in [-0.2, 0) is 5.41 Å². The van der Waals surface area contributed by atoms with Gasteiger partial charge in [-0.15, -0.1) is 10.2 Å². The average molecular weight is 205 g/mol. The van der Waals surface area contributed by atoms with Crippen molar-refractivity contribution in [3.63, 3.8) is 0 Å². The van der Waals surface area contributed by atoms with Crippen molar-refractivity contribution in [2.24, 2.45) is 0 Å². The van der Waals surface area contributed by atoms with Gasteiger partial charge in [0.2, 0.25) is 0 Å². The lowest BCUT2D eigenvalue weighted by atomic mass is 9.75. The summed E-state index contributed by atoms with van der Waals surface area (Å²) in [6.45, 7) is 2.37. The molecule has 2 saturated carbocycles. The second-order valence-corrected chi connectivity index (χ2v) is 5.41. The lowest BCUT2D eigenvalue weighted by molar-refractivity contribution is 0.293. The number of rotatable bonds is 2. The lowest BCUT2D eigenvalue weighted by Crippen LogP contribution is -2.29. The molecular formula is C12H19N3. The molecule has 0 amide bonds. The monoisotopic (exact) mass is 205 g/mol. The number of hydrogen-bond acceptors (Lipinski definition) is 2. The third-order valence-corrected chi connectivity index (χ3v) is 4.01. The highest BCUT2D eigenvalue weighted by molar-refractivity contribution is 5.10. The van der Waals surface area contributed by atoms with E-state index in [4.69, 9.17) is 0 Å². The number of aromatic nitrogens is 3. The van der Waals surface area contributed by atoms with Gasteiger partial charge < -0.3 is 4.57 Å². The molecule has 1 aromatic heterocycles. The Labute approximate surface area is 90.9 Å². The molecule has 3 heteroatoms. The summed E-state index contributed by atoms with van der Waals surface area (Å²) >= 11 is 0. The van der Waals surface area contributed by atoms with Crippen molar-refractivity contribution >= 4 is 0 Å². The zero-order valence-electron chi connectivity index (χ0n) is 9.45. The fourth-order valence-electron chi connectivity index (χ4n) is 2.85. The van der Waals surface area contributed by atoms with Crippen LogP contribution in [-0.4, -0.2) is 14.8 Å². The first-order valence-electron chi connectivity index (χ1n) is 6.20. The van der Waals surface area contributed by atoms with Crippen LogP contribution in [0.1, 0.15) is 63.7 Å². The van der Waals surface area contributed by atoms with Crippen molar-refractivity contribution in [2.75, 3.05) is 0 Å². The number of nitrogens with zero attached hydrogens (tertiary/aromatic N) is 3. The molecule has 0 saturated heterocycles. The van der Waals surface area contributed by atoms with Crippen molar-refractivity contribution in [2.45, 2.75) is 63.3 Å². The molecule has 0 atom stereocenters. The van der Waals surface area contributed by atoms with E-state index < -0.39 is 0 Å². The van der Waals surface area contributed by atoms with Gasteiger partial charge in [-0.3, -0.25) is 0 Å². The van der Waals surface area contributed by atoms with E-state index >= 15 is 0 Å². The van der Waals surface area contributed by atoms with Gasteiger partial charge >= 0.3 is 0 Å². The van der Waals surface area contributed by atoms with Crippen LogP contribution in [0.15, 0.2) is 6.33 Å². The van der Waals surface area contributed by atoms with Crippen LogP contribution in [0, 0.1) is 0 Å². The molecule has 15 heavy (non-hydrogen) atoms. The molecule has 0 radical (unpaired) electrons. The van der Waals surface area contributed by atoms with Gasteiger partial charge in [0.25, 0.3) is 0 Å². The molecule has 2 aliphatic rings. The Kier molecular flexibility index (Phi) is 2.08. The van der Waals surface area contributed by atoms with Crippen LogP contribution in [0.5, 0.6) is 0 Å². The van der Waals surface area contributed by atoms with Gasteiger partial charge in [-0.1, -0.05) is 26.2 Å². The van der Waals surface area contributed by atoms with Gasteiger partial charge in [-0.2, -0.15) is 0 Å². The van der Waals surface area contributed by atoms with Gasteiger partial charge in [0, 0.05) is 11.5 Å². The highest BCUT2D eigenvalue weighted by Gasteiger charge is 2.36. The Morgan fingerprint density at radius 1 is 1.27 bits per heavy atom. The number of hydrogen-bond donors (Lipinski definition) is 0. The normalized spacial score (nSPS) is 25.4. The summed E-state index contributed by atoms with van der Waals surface area (Å²) < 4.78 is 2.34. The predicted octanol–water partition coefficient (Wildman–Crippen LogP) is 2.83. The van der Waals surface area contributed by atoms with Crippen LogP contribution in [0.25, 0.3) is 0 Å². The largest absolute Gasteiger partial charge is 0.314 e. The Morgan fingerprint density at radius 3 is 2.67 bits per heavy atom. The highest BCUT2D eigenvalue weighted by atomic mass is 15.3. The third-order valence-electron chi connectivity index (χ3n) is 4.01. The smallest absolute Gasteiger partial charge is 0.139 e. The van der Waals surface area contributed by atoms with E-state index in [0.717, 1.165) is 0 Å². The highest BCUT2D eigenvalue weighted by Crippen LogP contribution is 2.42. The van der Waals surface area contributed by atoms with Crippen LogP contribution in [0.2, 0.25) is 0 Å². The summed E-state index contributed by atoms with van der Waals surface area (Å²) in [6.07, 6.45) is 11.3. The molecular weight excluding hydrogens is 186 g/mol. The van der Waals surface area contributed by atoms with Crippen molar-refractivity contribution in [3.05, 3.63) is 12.2 Å². The first-order valence-corrected chi connectivity index (χ1v) is 6.20. The first-order chi connectivity index (χ1) is 7.30. The van der Waals surface area contributed by atoms with E-state index in [9.17, 15) is 0 Å². The third kappa shape index (κ3) is 1.58. The van der Waals surface area contributed by atoms with Gasteiger partial charge in [-0.05, 0) is 25.7 Å². The van der Waals surface area contributed by atoms with E-state index in [2.05, 4.69) is 21.7 Å². The zero-order valence-corrected chi connectivity index (χ0v) is 9.45. The van der Waals surface area contributed by atoms with Crippen LogP contribution in [0.4, 0.5) is 0 Å².